The second-order valence-electron chi connectivity index (χ2n) is 9.66. The van der Waals surface area contributed by atoms with Crippen molar-refractivity contribution in [3.05, 3.63) is 84.9 Å². The van der Waals surface area contributed by atoms with Gasteiger partial charge in [0.25, 0.3) is 0 Å². The Morgan fingerprint density at radius 1 is 0.892 bits per heavy atom. The van der Waals surface area contributed by atoms with Gasteiger partial charge in [0.05, 0.1) is 11.5 Å². The highest BCUT2D eigenvalue weighted by molar-refractivity contribution is 7.96. The van der Waals surface area contributed by atoms with E-state index in [1.165, 1.54) is 12.1 Å². The van der Waals surface area contributed by atoms with E-state index in [2.05, 4.69) is 5.32 Å². The van der Waals surface area contributed by atoms with E-state index in [9.17, 15) is 27.6 Å². The monoisotopic (exact) mass is 531 g/mol. The number of hydrogen-bond acceptors (Lipinski definition) is 3. The molecule has 37 heavy (non-hydrogen) atoms. The Bertz CT molecular complexity index is 1180. The molecular weight excluding hydrogens is 501 g/mol. The lowest BCUT2D eigenvalue weighted by Crippen LogP contribution is -2.50. The van der Waals surface area contributed by atoms with E-state index in [0.29, 0.717) is 10.6 Å². The van der Waals surface area contributed by atoms with Gasteiger partial charge in [0.2, 0.25) is 0 Å². The molecule has 0 bridgehead atoms. The van der Waals surface area contributed by atoms with Crippen molar-refractivity contribution >= 4 is 47.7 Å². The zero-order chi connectivity index (χ0) is 27.3. The van der Waals surface area contributed by atoms with Crippen LogP contribution >= 0.6 is 7.26 Å². The molecule has 0 saturated carbocycles. The number of nitrogens with one attached hydrogen (secondary N) is 1. The molecular formula is C27H30BF3NO4P. The van der Waals surface area contributed by atoms with Gasteiger partial charge in [-0.25, -0.2) is 9.59 Å². The van der Waals surface area contributed by atoms with E-state index in [-0.39, 0.29) is 17.9 Å². The van der Waals surface area contributed by atoms with Crippen LogP contribution in [0, 0.1) is 0 Å². The Labute approximate surface area is 215 Å². The number of ether oxygens (including phenoxy) is 1. The molecule has 0 aliphatic rings. The van der Waals surface area contributed by atoms with Gasteiger partial charge in [0.15, 0.2) is 0 Å². The summed E-state index contributed by atoms with van der Waals surface area (Å²) in [5.74, 6) is -1.29. The summed E-state index contributed by atoms with van der Waals surface area (Å²) in [6.07, 6.45) is -0.926. The third-order valence-corrected chi connectivity index (χ3v) is 10.4. The van der Waals surface area contributed by atoms with Crippen LogP contribution in [0.3, 0.4) is 0 Å². The van der Waals surface area contributed by atoms with Crippen molar-refractivity contribution in [2.24, 2.45) is 0 Å². The normalized spacial score (nSPS) is 13.0. The Balaban J connectivity index is 2.18. The Morgan fingerprint density at radius 2 is 1.38 bits per heavy atom. The fourth-order valence-electron chi connectivity index (χ4n) is 4.31. The van der Waals surface area contributed by atoms with Crippen LogP contribution < -0.4 is 26.7 Å². The molecule has 0 aromatic heterocycles. The van der Waals surface area contributed by atoms with Crippen LogP contribution in [0.1, 0.15) is 27.2 Å². The van der Waals surface area contributed by atoms with Crippen LogP contribution in [-0.2, 0) is 9.53 Å². The van der Waals surface area contributed by atoms with Gasteiger partial charge in [-0.2, -0.15) is 0 Å². The number of alkyl carbamates (subject to hydrolysis) is 1. The maximum absolute atomic E-state index is 14.4. The zero-order valence-corrected chi connectivity index (χ0v) is 21.8. The number of benzene rings is 3. The van der Waals surface area contributed by atoms with Crippen LogP contribution in [0.25, 0.3) is 0 Å². The van der Waals surface area contributed by atoms with Crippen molar-refractivity contribution in [2.75, 3.05) is 6.16 Å². The third kappa shape index (κ3) is 6.92. The van der Waals surface area contributed by atoms with E-state index < -0.39 is 43.4 Å². The van der Waals surface area contributed by atoms with Crippen molar-refractivity contribution in [1.82, 2.24) is 5.32 Å². The lowest BCUT2D eigenvalue weighted by Gasteiger charge is -2.32. The molecule has 3 aromatic carbocycles. The summed E-state index contributed by atoms with van der Waals surface area (Å²) in [6.45, 7) is -0.402. The molecule has 3 aromatic rings. The number of halogens is 3. The SMILES string of the molecule is CC(C)(C)OC(=O)NC(CC[P+](c1ccccc1)(c1ccccc1)c1ccccc1[B-](F)(F)F)C(=O)O. The van der Waals surface area contributed by atoms with Crippen molar-refractivity contribution in [3.8, 4) is 0 Å². The van der Waals surface area contributed by atoms with Crippen molar-refractivity contribution in [2.45, 2.75) is 38.8 Å². The van der Waals surface area contributed by atoms with Crippen LogP contribution in [0.2, 0.25) is 0 Å². The van der Waals surface area contributed by atoms with E-state index >= 15 is 0 Å². The first-order chi connectivity index (χ1) is 17.3. The summed E-state index contributed by atoms with van der Waals surface area (Å²) < 4.78 is 48.4. The van der Waals surface area contributed by atoms with Crippen LogP contribution in [0.5, 0.6) is 0 Å². The molecule has 10 heteroatoms. The highest BCUT2D eigenvalue weighted by Gasteiger charge is 2.49. The van der Waals surface area contributed by atoms with Gasteiger partial charge in [-0.3, -0.25) is 0 Å². The number of hydrogen-bond donors (Lipinski definition) is 2. The number of carbonyl (C=O) groups is 2. The Morgan fingerprint density at radius 3 is 1.84 bits per heavy atom. The van der Waals surface area contributed by atoms with Gasteiger partial charge in [0.1, 0.15) is 29.5 Å². The zero-order valence-electron chi connectivity index (χ0n) is 20.9. The number of aliphatic carboxylic acids is 1. The summed E-state index contributed by atoms with van der Waals surface area (Å²) in [5, 5.41) is 13.8. The van der Waals surface area contributed by atoms with Gasteiger partial charge in [0, 0.05) is 6.42 Å². The summed E-state index contributed by atoms with van der Waals surface area (Å²) >= 11 is 0. The quantitative estimate of drug-likeness (QED) is 0.317. The maximum atomic E-state index is 14.4. The number of carboxylic acids is 1. The minimum Gasteiger partial charge on any atom is -0.480 e. The highest BCUT2D eigenvalue weighted by Crippen LogP contribution is 2.56. The number of carbonyl (C=O) groups excluding carboxylic acids is 1. The fraction of sp³-hybridized carbons (Fsp3) is 0.259. The molecule has 5 nitrogen and oxygen atoms in total. The van der Waals surface area contributed by atoms with Gasteiger partial charge in [-0.1, -0.05) is 60.1 Å². The predicted octanol–water partition coefficient (Wildman–Crippen LogP) is 4.40. The van der Waals surface area contributed by atoms with E-state index in [0.717, 1.165) is 6.07 Å². The topological polar surface area (TPSA) is 75.6 Å². The second-order valence-corrected chi connectivity index (χ2v) is 13.2. The first-order valence-corrected chi connectivity index (χ1v) is 13.8. The van der Waals surface area contributed by atoms with E-state index in [4.69, 9.17) is 4.74 Å². The molecule has 1 amide bonds. The molecule has 1 atom stereocenters. The predicted molar refractivity (Wildman–Crippen MR) is 144 cm³/mol. The average Bonchev–Trinajstić information content (AvgIpc) is 2.83. The maximum Gasteiger partial charge on any atom is 0.513 e. The van der Waals surface area contributed by atoms with Gasteiger partial charge < -0.3 is 28.1 Å². The first-order valence-electron chi connectivity index (χ1n) is 11.9. The summed E-state index contributed by atoms with van der Waals surface area (Å²) in [4.78, 5) is 24.5. The van der Waals surface area contributed by atoms with Crippen LogP contribution in [0.15, 0.2) is 84.9 Å². The summed E-state index contributed by atoms with van der Waals surface area (Å²) in [6, 6.07) is 22.0. The third-order valence-electron chi connectivity index (χ3n) is 5.84. The van der Waals surface area contributed by atoms with Gasteiger partial charge in [-0.05, 0) is 51.1 Å². The second kappa shape index (κ2) is 11.4. The molecule has 1 unspecified atom stereocenters. The first kappa shape index (κ1) is 28.3. The Hall–Kier alpha value is -3.32. The van der Waals surface area contributed by atoms with Gasteiger partial charge >= 0.3 is 19.0 Å². The average molecular weight is 531 g/mol. The molecule has 0 fully saturated rings. The number of amides is 1. The van der Waals surface area contributed by atoms with Crippen molar-refractivity contribution in [1.29, 1.82) is 0 Å². The minimum atomic E-state index is -5.36. The molecule has 0 saturated heterocycles. The molecule has 3 rings (SSSR count). The number of rotatable bonds is 9. The summed E-state index contributed by atoms with van der Waals surface area (Å²) in [5.41, 5.74) is -1.54. The summed E-state index contributed by atoms with van der Waals surface area (Å²) in [7, 11) is -3.03. The highest BCUT2D eigenvalue weighted by atomic mass is 31.2. The van der Waals surface area contributed by atoms with E-state index in [1.807, 2.05) is 0 Å². The molecule has 0 spiro atoms. The van der Waals surface area contributed by atoms with Crippen molar-refractivity contribution < 1.29 is 32.4 Å². The molecule has 2 N–H and O–H groups in total. The van der Waals surface area contributed by atoms with Crippen LogP contribution in [-0.4, -0.2) is 42.0 Å². The fourth-order valence-corrected chi connectivity index (χ4v) is 8.93. The standard InChI is InChI=1S/C27H30BF3NO4P/c1-27(2,3)36-26(35)32-23(25(33)34)18-19-37(20-12-6-4-7-13-20,21-14-8-5-9-15-21)24-17-11-10-16-22(24)28(29,30)31/h4-17,23H,18-19H2,1-3H3,(H,32,35)(H,33,34). The molecule has 0 heterocycles. The van der Waals surface area contributed by atoms with Crippen molar-refractivity contribution in [3.63, 3.8) is 0 Å². The lowest BCUT2D eigenvalue weighted by molar-refractivity contribution is -0.139. The van der Waals surface area contributed by atoms with E-state index in [1.54, 1.807) is 87.5 Å². The van der Waals surface area contributed by atoms with Gasteiger partial charge in [-0.15, -0.1) is 0 Å². The minimum absolute atomic E-state index is 0.0803. The largest absolute Gasteiger partial charge is 0.513 e. The molecule has 0 aliphatic carbocycles. The lowest BCUT2D eigenvalue weighted by atomic mass is 9.80. The van der Waals surface area contributed by atoms with Crippen LogP contribution in [0.4, 0.5) is 17.7 Å². The smallest absolute Gasteiger partial charge is 0.480 e. The number of carboxylic acid groups (broad SMARTS) is 1. The molecule has 0 aliphatic heterocycles. The Kier molecular flexibility index (Phi) is 8.70. The molecule has 0 radical (unpaired) electrons. The molecule has 196 valence electrons.